The molecule has 0 unspecified atom stereocenters. The molecule has 0 spiro atoms. The van der Waals surface area contributed by atoms with E-state index in [1.807, 2.05) is 44.2 Å². The highest BCUT2D eigenvalue weighted by Crippen LogP contribution is 2.51. The molecule has 0 atom stereocenters. The smallest absolute Gasteiger partial charge is 0.309 e. The predicted octanol–water partition coefficient (Wildman–Crippen LogP) is 5.18. The summed E-state index contributed by atoms with van der Waals surface area (Å²) in [5.41, 5.74) is 2.14. The Balaban J connectivity index is 2.11. The number of hydrogen-bond donors (Lipinski definition) is 0. The van der Waals surface area contributed by atoms with Crippen LogP contribution in [0.15, 0.2) is 41.8 Å². The minimum atomic E-state index is -3.01. The molecule has 1 heterocycles. The van der Waals surface area contributed by atoms with E-state index in [1.54, 1.807) is 11.3 Å². The lowest BCUT2D eigenvalue weighted by atomic mass is 10.1. The SMILES string of the molecule is CCOP(=O)(Cc1ccc(-c2cccs2)cc1)OCC. The van der Waals surface area contributed by atoms with Gasteiger partial charge in [-0.05, 0) is 36.4 Å². The van der Waals surface area contributed by atoms with E-state index < -0.39 is 7.60 Å². The van der Waals surface area contributed by atoms with Crippen LogP contribution in [0.2, 0.25) is 0 Å². The third-order valence-corrected chi connectivity index (χ3v) is 5.76. The van der Waals surface area contributed by atoms with E-state index in [-0.39, 0.29) is 0 Å². The van der Waals surface area contributed by atoms with Gasteiger partial charge in [-0.15, -0.1) is 11.3 Å². The standard InChI is InChI=1S/C15H19O3PS/c1-3-17-19(16,18-4-2)12-13-7-9-14(10-8-13)15-6-5-11-20-15/h5-11H,3-4,12H2,1-2H3. The van der Waals surface area contributed by atoms with Crippen LogP contribution in [0.3, 0.4) is 0 Å². The first kappa shape index (κ1) is 15.5. The zero-order valence-corrected chi connectivity index (χ0v) is 13.5. The van der Waals surface area contributed by atoms with Crippen LogP contribution in [0.25, 0.3) is 10.4 Å². The molecule has 2 rings (SSSR count). The average molecular weight is 310 g/mol. The molecule has 0 radical (unpaired) electrons. The zero-order valence-electron chi connectivity index (χ0n) is 11.7. The molecule has 0 saturated carbocycles. The Hall–Kier alpha value is -0.930. The third-order valence-electron chi connectivity index (χ3n) is 2.79. The molecule has 20 heavy (non-hydrogen) atoms. The van der Waals surface area contributed by atoms with Crippen LogP contribution in [0.1, 0.15) is 19.4 Å². The summed E-state index contributed by atoms with van der Waals surface area (Å²) in [4.78, 5) is 1.23. The van der Waals surface area contributed by atoms with E-state index in [0.29, 0.717) is 19.4 Å². The number of thiophene rings is 1. The maximum absolute atomic E-state index is 12.5. The quantitative estimate of drug-likeness (QED) is 0.661. The van der Waals surface area contributed by atoms with Gasteiger partial charge < -0.3 is 9.05 Å². The molecule has 1 aromatic carbocycles. The molecule has 2 aromatic rings. The summed E-state index contributed by atoms with van der Waals surface area (Å²) in [6.45, 7) is 4.44. The second-order valence-corrected chi connectivity index (χ2v) is 7.28. The highest BCUT2D eigenvalue weighted by atomic mass is 32.1. The van der Waals surface area contributed by atoms with Crippen LogP contribution >= 0.6 is 18.9 Å². The lowest BCUT2D eigenvalue weighted by Gasteiger charge is -2.17. The van der Waals surface area contributed by atoms with Crippen LogP contribution in [0, 0.1) is 0 Å². The molecule has 0 amide bonds. The number of benzene rings is 1. The predicted molar refractivity (Wildman–Crippen MR) is 84.3 cm³/mol. The van der Waals surface area contributed by atoms with Crippen LogP contribution in [0.5, 0.6) is 0 Å². The van der Waals surface area contributed by atoms with Gasteiger partial charge in [0, 0.05) is 4.88 Å². The fourth-order valence-electron chi connectivity index (χ4n) is 1.96. The van der Waals surface area contributed by atoms with Crippen molar-refractivity contribution in [1.29, 1.82) is 0 Å². The van der Waals surface area contributed by atoms with Crippen molar-refractivity contribution in [2.45, 2.75) is 20.0 Å². The first-order valence-corrected chi connectivity index (χ1v) is 9.28. The first-order chi connectivity index (χ1) is 9.67. The normalized spacial score (nSPS) is 11.7. The van der Waals surface area contributed by atoms with Gasteiger partial charge in [-0.3, -0.25) is 4.57 Å². The Morgan fingerprint density at radius 3 is 2.20 bits per heavy atom. The van der Waals surface area contributed by atoms with Crippen molar-refractivity contribution in [3.8, 4) is 10.4 Å². The van der Waals surface area contributed by atoms with Gasteiger partial charge in [-0.25, -0.2) is 0 Å². The number of rotatable bonds is 7. The molecule has 0 aliphatic rings. The largest absolute Gasteiger partial charge is 0.335 e. The van der Waals surface area contributed by atoms with Crippen molar-refractivity contribution < 1.29 is 13.6 Å². The third kappa shape index (κ3) is 4.03. The van der Waals surface area contributed by atoms with E-state index in [1.165, 1.54) is 10.4 Å². The van der Waals surface area contributed by atoms with Gasteiger partial charge >= 0.3 is 7.60 Å². The lowest BCUT2D eigenvalue weighted by Crippen LogP contribution is -1.99. The molecule has 1 aromatic heterocycles. The van der Waals surface area contributed by atoms with Crippen LogP contribution in [0.4, 0.5) is 0 Å². The molecule has 0 fully saturated rings. The minimum Gasteiger partial charge on any atom is -0.309 e. The van der Waals surface area contributed by atoms with Crippen molar-refractivity contribution in [2.75, 3.05) is 13.2 Å². The van der Waals surface area contributed by atoms with Crippen LogP contribution in [-0.4, -0.2) is 13.2 Å². The molecular formula is C15H19O3PS. The summed E-state index contributed by atoms with van der Waals surface area (Å²) in [6, 6.07) is 12.2. The van der Waals surface area contributed by atoms with Crippen LogP contribution in [-0.2, 0) is 19.8 Å². The summed E-state index contributed by atoms with van der Waals surface area (Å²) in [5, 5.41) is 2.06. The topological polar surface area (TPSA) is 35.5 Å². The van der Waals surface area contributed by atoms with Crippen molar-refractivity contribution >= 4 is 18.9 Å². The zero-order chi connectivity index (χ0) is 14.4. The molecule has 0 aliphatic carbocycles. The summed E-state index contributed by atoms with van der Waals surface area (Å²) < 4.78 is 23.1. The Kier molecular flexibility index (Phi) is 5.55. The van der Waals surface area contributed by atoms with Gasteiger partial charge in [0.25, 0.3) is 0 Å². The second kappa shape index (κ2) is 7.19. The van der Waals surface area contributed by atoms with Crippen molar-refractivity contribution in [3.63, 3.8) is 0 Å². The average Bonchev–Trinajstić information content (AvgIpc) is 2.94. The monoisotopic (exact) mass is 310 g/mol. The van der Waals surface area contributed by atoms with E-state index >= 15 is 0 Å². The van der Waals surface area contributed by atoms with Gasteiger partial charge in [0.15, 0.2) is 0 Å². The van der Waals surface area contributed by atoms with Gasteiger partial charge in [0.1, 0.15) is 0 Å². The molecule has 0 aliphatic heterocycles. The molecule has 108 valence electrons. The highest BCUT2D eigenvalue weighted by molar-refractivity contribution is 7.53. The molecule has 0 N–H and O–H groups in total. The molecule has 5 heteroatoms. The maximum atomic E-state index is 12.5. The maximum Gasteiger partial charge on any atom is 0.335 e. The van der Waals surface area contributed by atoms with Gasteiger partial charge in [0.2, 0.25) is 0 Å². The molecule has 0 saturated heterocycles. The molecular weight excluding hydrogens is 291 g/mol. The summed E-state index contributed by atoms with van der Waals surface area (Å²) in [6.07, 6.45) is 0.319. The fraction of sp³-hybridized carbons (Fsp3) is 0.333. The minimum absolute atomic E-state index is 0.319. The Morgan fingerprint density at radius 2 is 1.70 bits per heavy atom. The highest BCUT2D eigenvalue weighted by Gasteiger charge is 2.23. The van der Waals surface area contributed by atoms with Crippen LogP contribution < -0.4 is 0 Å². The number of hydrogen-bond acceptors (Lipinski definition) is 4. The van der Waals surface area contributed by atoms with E-state index in [9.17, 15) is 4.57 Å². The molecule has 0 bridgehead atoms. The van der Waals surface area contributed by atoms with E-state index in [2.05, 4.69) is 11.4 Å². The first-order valence-electron chi connectivity index (χ1n) is 6.68. The fourth-order valence-corrected chi connectivity index (χ4v) is 4.40. The van der Waals surface area contributed by atoms with E-state index in [4.69, 9.17) is 9.05 Å². The molecule has 3 nitrogen and oxygen atoms in total. The van der Waals surface area contributed by atoms with Crippen molar-refractivity contribution in [3.05, 3.63) is 47.3 Å². The second-order valence-electron chi connectivity index (χ2n) is 4.28. The van der Waals surface area contributed by atoms with Gasteiger partial charge in [0.05, 0.1) is 19.4 Å². The Labute approximate surface area is 124 Å². The van der Waals surface area contributed by atoms with Gasteiger partial charge in [-0.2, -0.15) is 0 Å². The summed E-state index contributed by atoms with van der Waals surface area (Å²) in [7, 11) is -3.01. The van der Waals surface area contributed by atoms with Gasteiger partial charge in [-0.1, -0.05) is 30.3 Å². The van der Waals surface area contributed by atoms with Crippen molar-refractivity contribution in [1.82, 2.24) is 0 Å². The van der Waals surface area contributed by atoms with Crippen molar-refractivity contribution in [2.24, 2.45) is 0 Å². The van der Waals surface area contributed by atoms with E-state index in [0.717, 1.165) is 5.56 Å². The Bertz CT molecular complexity index is 553. The summed E-state index contributed by atoms with van der Waals surface area (Å²) >= 11 is 1.71. The Morgan fingerprint density at radius 1 is 1.05 bits per heavy atom. The summed E-state index contributed by atoms with van der Waals surface area (Å²) in [5.74, 6) is 0. The lowest BCUT2D eigenvalue weighted by molar-refractivity contribution is 0.219.